The van der Waals surface area contributed by atoms with Crippen molar-refractivity contribution in [2.75, 3.05) is 0 Å². The van der Waals surface area contributed by atoms with Gasteiger partial charge < -0.3 is 0 Å². The topological polar surface area (TPSA) is 24.7 Å². The number of nitrogens with zero attached hydrogens (tertiary/aromatic N) is 2. The summed E-state index contributed by atoms with van der Waals surface area (Å²) in [6.45, 7) is 3.62. The average Bonchev–Trinajstić information content (AvgIpc) is 1.69. The van der Waals surface area contributed by atoms with Gasteiger partial charge in [-0.3, -0.25) is 5.03 Å². The van der Waals surface area contributed by atoms with E-state index in [9.17, 15) is 0 Å². The van der Waals surface area contributed by atoms with Gasteiger partial charge in [-0.15, -0.1) is 6.58 Å². The smallest absolute Gasteiger partial charge is 0.254 e. The van der Waals surface area contributed by atoms with Crippen LogP contribution in [0.1, 0.15) is 0 Å². The predicted octanol–water partition coefficient (Wildman–Crippen LogP) is 1.10. The van der Waals surface area contributed by atoms with Crippen LogP contribution in [0.15, 0.2) is 34.5 Å². The summed E-state index contributed by atoms with van der Waals surface area (Å²) < 4.78 is 0. The quantitative estimate of drug-likeness (QED) is 0.398. The average molecular weight is 90.9 g/mol. The molecular formula is C4H4BN2. The van der Waals surface area contributed by atoms with Gasteiger partial charge in [-0.25, -0.2) is 0 Å². The van der Waals surface area contributed by atoms with E-state index < -0.39 is 0 Å². The molecule has 0 unspecified atom stereocenters. The highest BCUT2D eigenvalue weighted by molar-refractivity contribution is 6.44. The minimum atomic E-state index is 0.898. The van der Waals surface area contributed by atoms with Crippen LogP contribution in [0.3, 0.4) is 0 Å². The monoisotopic (exact) mass is 91.0 g/mol. The van der Waals surface area contributed by atoms with Gasteiger partial charge in [0.1, 0.15) is 0 Å². The molecule has 0 atom stereocenters. The van der Waals surface area contributed by atoms with E-state index in [0.29, 0.717) is 0 Å². The van der Waals surface area contributed by atoms with Crippen LogP contribution in [0, 0.1) is 0 Å². The molecule has 0 bridgehead atoms. The summed E-state index contributed by atoms with van der Waals surface area (Å²) >= 11 is 0. The van der Waals surface area contributed by atoms with Crippen molar-refractivity contribution in [2.24, 2.45) is 10.1 Å². The molecule has 1 rings (SSSR count). The van der Waals surface area contributed by atoms with E-state index in [0.717, 1.165) is 5.47 Å². The molecule has 0 aromatic heterocycles. The lowest BCUT2D eigenvalue weighted by Gasteiger charge is -1.90. The molecular weight excluding hydrogens is 86.9 g/mol. The maximum Gasteiger partial charge on any atom is 0.342 e. The maximum atomic E-state index is 3.62. The van der Waals surface area contributed by atoms with Gasteiger partial charge in [0.2, 0.25) is 0 Å². The second-order valence-corrected chi connectivity index (χ2v) is 1.25. The molecule has 0 aromatic rings. The zero-order valence-electron chi connectivity index (χ0n) is 3.83. The molecule has 1 aliphatic heterocycles. The standard InChI is InChI=1S/C4H4BN2/c1-4-2-3-6-7-5-4/h2-3H,1H2. The van der Waals surface area contributed by atoms with Crippen molar-refractivity contribution < 1.29 is 0 Å². The first-order chi connectivity index (χ1) is 3.39. The summed E-state index contributed by atoms with van der Waals surface area (Å²) in [5.74, 6) is 0. The Balaban J connectivity index is 2.66. The van der Waals surface area contributed by atoms with Crippen LogP contribution < -0.4 is 0 Å². The summed E-state index contributed by atoms with van der Waals surface area (Å²) in [7, 11) is 1.61. The SMILES string of the molecule is C=C1[B]N=NC=C1. The first-order valence-electron chi connectivity index (χ1n) is 1.98. The first kappa shape index (κ1) is 4.31. The third-order valence-electron chi connectivity index (χ3n) is 0.646. The Morgan fingerprint density at radius 3 is 2.86 bits per heavy atom. The predicted molar refractivity (Wildman–Crippen MR) is 28.9 cm³/mol. The van der Waals surface area contributed by atoms with E-state index in [4.69, 9.17) is 0 Å². The molecule has 1 radical (unpaired) electrons. The van der Waals surface area contributed by atoms with Crippen molar-refractivity contribution in [3.05, 3.63) is 24.3 Å². The maximum absolute atomic E-state index is 3.62. The number of allylic oxidation sites excluding steroid dienone is 2. The highest BCUT2D eigenvalue weighted by Gasteiger charge is 1.92. The normalized spacial score (nSPS) is 16.9. The molecule has 1 aliphatic rings. The Labute approximate surface area is 42.9 Å². The molecule has 33 valence electrons. The fourth-order valence-electron chi connectivity index (χ4n) is 0.318. The van der Waals surface area contributed by atoms with Crippen molar-refractivity contribution in [1.82, 2.24) is 0 Å². The third-order valence-corrected chi connectivity index (χ3v) is 0.646. The lowest BCUT2D eigenvalue weighted by molar-refractivity contribution is 1.29. The molecule has 0 saturated heterocycles. The number of rotatable bonds is 0. The molecule has 0 amide bonds. The Kier molecular flexibility index (Phi) is 1.07. The molecule has 1 heterocycles. The summed E-state index contributed by atoms with van der Waals surface area (Å²) in [6, 6.07) is 0. The zero-order chi connectivity index (χ0) is 5.11. The fraction of sp³-hybridized carbons (Fsp3) is 0. The zero-order valence-corrected chi connectivity index (χ0v) is 3.83. The second kappa shape index (κ2) is 1.73. The van der Waals surface area contributed by atoms with E-state index in [1.165, 1.54) is 0 Å². The van der Waals surface area contributed by atoms with Crippen LogP contribution >= 0.6 is 0 Å². The van der Waals surface area contributed by atoms with Crippen LogP contribution in [0.4, 0.5) is 0 Å². The van der Waals surface area contributed by atoms with Crippen molar-refractivity contribution in [1.29, 1.82) is 0 Å². The van der Waals surface area contributed by atoms with Gasteiger partial charge in [-0.05, 0) is 6.08 Å². The van der Waals surface area contributed by atoms with Gasteiger partial charge in [-0.1, -0.05) is 5.47 Å². The lowest BCUT2D eigenvalue weighted by Crippen LogP contribution is -1.88. The molecule has 0 N–H and O–H groups in total. The highest BCUT2D eigenvalue weighted by Crippen LogP contribution is 1.96. The Bertz CT molecular complexity index is 137. The van der Waals surface area contributed by atoms with Crippen molar-refractivity contribution in [3.63, 3.8) is 0 Å². The first-order valence-corrected chi connectivity index (χ1v) is 1.98. The number of hydrogen-bond donors (Lipinski definition) is 0. The molecule has 0 aromatic carbocycles. The minimum Gasteiger partial charge on any atom is -0.254 e. The van der Waals surface area contributed by atoms with Crippen molar-refractivity contribution >= 4 is 7.41 Å². The van der Waals surface area contributed by atoms with Gasteiger partial charge in [0.25, 0.3) is 0 Å². The number of hydrogen-bond acceptors (Lipinski definition) is 2. The Hall–Kier alpha value is -0.855. The van der Waals surface area contributed by atoms with Gasteiger partial charge in [0.15, 0.2) is 0 Å². The Morgan fingerprint density at radius 2 is 2.57 bits per heavy atom. The molecule has 0 fully saturated rings. The van der Waals surface area contributed by atoms with Gasteiger partial charge in [0, 0.05) is 6.20 Å². The second-order valence-electron chi connectivity index (χ2n) is 1.25. The summed E-state index contributed by atoms with van der Waals surface area (Å²) in [5.41, 5.74) is 0.898. The fourth-order valence-corrected chi connectivity index (χ4v) is 0.318. The van der Waals surface area contributed by atoms with E-state index in [-0.39, 0.29) is 0 Å². The molecule has 0 spiro atoms. The molecule has 7 heavy (non-hydrogen) atoms. The van der Waals surface area contributed by atoms with Crippen LogP contribution in [-0.2, 0) is 0 Å². The van der Waals surface area contributed by atoms with Crippen LogP contribution in [0.25, 0.3) is 0 Å². The van der Waals surface area contributed by atoms with E-state index in [2.05, 4.69) is 16.7 Å². The molecule has 0 saturated carbocycles. The van der Waals surface area contributed by atoms with E-state index >= 15 is 0 Å². The lowest BCUT2D eigenvalue weighted by atomic mass is 9.84. The van der Waals surface area contributed by atoms with Gasteiger partial charge >= 0.3 is 7.41 Å². The van der Waals surface area contributed by atoms with E-state index in [1.54, 1.807) is 19.7 Å². The molecule has 3 heteroatoms. The minimum absolute atomic E-state index is 0.898. The van der Waals surface area contributed by atoms with Crippen LogP contribution in [-0.4, -0.2) is 7.41 Å². The summed E-state index contributed by atoms with van der Waals surface area (Å²) in [6.07, 6.45) is 3.41. The molecule has 2 nitrogen and oxygen atoms in total. The van der Waals surface area contributed by atoms with Crippen molar-refractivity contribution in [3.8, 4) is 0 Å². The molecule has 0 aliphatic carbocycles. The Morgan fingerprint density at radius 1 is 1.71 bits per heavy atom. The highest BCUT2D eigenvalue weighted by atomic mass is 15.0. The van der Waals surface area contributed by atoms with Crippen LogP contribution in [0.2, 0.25) is 0 Å². The third kappa shape index (κ3) is 0.997. The van der Waals surface area contributed by atoms with Gasteiger partial charge in [0.05, 0.1) is 0 Å². The largest absolute Gasteiger partial charge is 0.342 e. The van der Waals surface area contributed by atoms with Gasteiger partial charge in [-0.2, -0.15) is 5.11 Å². The summed E-state index contributed by atoms with van der Waals surface area (Å²) in [5, 5.41) is 7.13. The van der Waals surface area contributed by atoms with E-state index in [1.807, 2.05) is 0 Å². The van der Waals surface area contributed by atoms with Crippen LogP contribution in [0.5, 0.6) is 0 Å². The summed E-state index contributed by atoms with van der Waals surface area (Å²) in [4.78, 5) is 0. The van der Waals surface area contributed by atoms with Crippen molar-refractivity contribution in [2.45, 2.75) is 0 Å².